The van der Waals surface area contributed by atoms with Gasteiger partial charge < -0.3 is 4.74 Å². The number of benzene rings is 2. The van der Waals surface area contributed by atoms with Crippen LogP contribution in [0.1, 0.15) is 46.4 Å². The van der Waals surface area contributed by atoms with Crippen molar-refractivity contribution in [2.24, 2.45) is 5.92 Å². The predicted molar refractivity (Wildman–Crippen MR) is 88.1 cm³/mol. The summed E-state index contributed by atoms with van der Waals surface area (Å²) in [6, 6.07) is 11.1. The number of fused-ring (bicyclic) bond motifs is 1. The van der Waals surface area contributed by atoms with Gasteiger partial charge in [-0.1, -0.05) is 31.2 Å². The monoisotopic (exact) mass is 280 g/mol. The summed E-state index contributed by atoms with van der Waals surface area (Å²) in [5.74, 6) is 1.58. The Hall–Kier alpha value is -1.76. The molecule has 1 nitrogen and oxygen atoms in total. The van der Waals surface area contributed by atoms with E-state index < -0.39 is 0 Å². The lowest BCUT2D eigenvalue weighted by atomic mass is 9.85. The van der Waals surface area contributed by atoms with Gasteiger partial charge in [-0.2, -0.15) is 0 Å². The zero-order valence-corrected chi connectivity index (χ0v) is 13.7. The second kappa shape index (κ2) is 5.22. The molecule has 0 N–H and O–H groups in total. The van der Waals surface area contributed by atoms with Crippen LogP contribution in [0.25, 0.3) is 0 Å². The molecule has 2 atom stereocenters. The lowest BCUT2D eigenvalue weighted by Gasteiger charge is -2.33. The van der Waals surface area contributed by atoms with Gasteiger partial charge >= 0.3 is 0 Å². The molecule has 21 heavy (non-hydrogen) atoms. The number of hydrogen-bond donors (Lipinski definition) is 0. The van der Waals surface area contributed by atoms with E-state index in [9.17, 15) is 0 Å². The highest BCUT2D eigenvalue weighted by molar-refractivity contribution is 5.45. The van der Waals surface area contributed by atoms with E-state index in [-0.39, 0.29) is 6.10 Å². The maximum Gasteiger partial charge on any atom is 0.127 e. The average molecular weight is 280 g/mol. The van der Waals surface area contributed by atoms with Gasteiger partial charge in [-0.25, -0.2) is 0 Å². The maximum absolute atomic E-state index is 6.39. The standard InChI is InChI=1S/C20H24O/c1-12-8-15(4)18-11-16(5)20(21-19(18)9-12)17-7-6-13(2)14(3)10-17/h6-10,16,20H,11H2,1-5H3/t16-,20-/m0/s1. The van der Waals surface area contributed by atoms with Crippen molar-refractivity contribution < 1.29 is 4.74 Å². The van der Waals surface area contributed by atoms with Crippen molar-refractivity contribution in [2.45, 2.75) is 47.1 Å². The highest BCUT2D eigenvalue weighted by atomic mass is 16.5. The smallest absolute Gasteiger partial charge is 0.127 e. The summed E-state index contributed by atoms with van der Waals surface area (Å²) < 4.78 is 6.39. The van der Waals surface area contributed by atoms with Crippen LogP contribution in [0.3, 0.4) is 0 Å². The molecular weight excluding hydrogens is 256 g/mol. The normalized spacial score (nSPS) is 20.8. The van der Waals surface area contributed by atoms with Crippen LogP contribution in [0.15, 0.2) is 30.3 Å². The van der Waals surface area contributed by atoms with E-state index in [1.807, 2.05) is 0 Å². The molecule has 110 valence electrons. The first-order chi connectivity index (χ1) is 9.95. The first-order valence-electron chi connectivity index (χ1n) is 7.79. The molecule has 0 saturated carbocycles. The molecule has 0 aromatic heterocycles. The lowest BCUT2D eigenvalue weighted by molar-refractivity contribution is 0.123. The van der Waals surface area contributed by atoms with E-state index in [0.717, 1.165) is 12.2 Å². The molecule has 0 spiro atoms. The Kier molecular flexibility index (Phi) is 3.52. The fourth-order valence-electron chi connectivity index (χ4n) is 3.35. The molecule has 0 bridgehead atoms. The van der Waals surface area contributed by atoms with Crippen LogP contribution in [-0.4, -0.2) is 0 Å². The van der Waals surface area contributed by atoms with Gasteiger partial charge in [-0.15, -0.1) is 0 Å². The second-order valence-corrected chi connectivity index (χ2v) is 6.62. The van der Waals surface area contributed by atoms with Gasteiger partial charge in [0.15, 0.2) is 0 Å². The van der Waals surface area contributed by atoms with Crippen molar-refractivity contribution in [3.8, 4) is 5.75 Å². The molecular formula is C20H24O. The highest BCUT2D eigenvalue weighted by Gasteiger charge is 2.29. The van der Waals surface area contributed by atoms with Gasteiger partial charge in [0.1, 0.15) is 11.9 Å². The van der Waals surface area contributed by atoms with Gasteiger partial charge in [0.2, 0.25) is 0 Å². The average Bonchev–Trinajstić information content (AvgIpc) is 2.42. The van der Waals surface area contributed by atoms with Crippen LogP contribution in [0.5, 0.6) is 5.75 Å². The molecule has 0 aliphatic carbocycles. The van der Waals surface area contributed by atoms with Crippen molar-refractivity contribution in [1.82, 2.24) is 0 Å². The highest BCUT2D eigenvalue weighted by Crippen LogP contribution is 2.40. The molecule has 0 amide bonds. The Bertz CT molecular complexity index is 684. The molecule has 0 unspecified atom stereocenters. The van der Waals surface area contributed by atoms with Crippen molar-refractivity contribution in [1.29, 1.82) is 0 Å². The largest absolute Gasteiger partial charge is 0.485 e. The first kappa shape index (κ1) is 14.2. The fraction of sp³-hybridized carbons (Fsp3) is 0.400. The van der Waals surface area contributed by atoms with E-state index in [2.05, 4.69) is 65.0 Å². The molecule has 2 aromatic rings. The number of rotatable bonds is 1. The minimum atomic E-state index is 0.165. The van der Waals surface area contributed by atoms with E-state index in [1.165, 1.54) is 33.4 Å². The topological polar surface area (TPSA) is 9.23 Å². The number of hydrogen-bond acceptors (Lipinski definition) is 1. The van der Waals surface area contributed by atoms with Crippen molar-refractivity contribution in [3.05, 3.63) is 63.7 Å². The van der Waals surface area contributed by atoms with E-state index in [4.69, 9.17) is 4.74 Å². The summed E-state index contributed by atoms with van der Waals surface area (Å²) >= 11 is 0. The van der Waals surface area contributed by atoms with E-state index in [1.54, 1.807) is 0 Å². The van der Waals surface area contributed by atoms with Gasteiger partial charge in [-0.05, 0) is 73.6 Å². The number of ether oxygens (including phenoxy) is 1. The van der Waals surface area contributed by atoms with Gasteiger partial charge in [0, 0.05) is 5.92 Å². The van der Waals surface area contributed by atoms with Crippen molar-refractivity contribution in [3.63, 3.8) is 0 Å². The maximum atomic E-state index is 6.39. The molecule has 0 radical (unpaired) electrons. The lowest BCUT2D eigenvalue weighted by Crippen LogP contribution is -2.24. The quantitative estimate of drug-likeness (QED) is 0.694. The zero-order chi connectivity index (χ0) is 15.1. The molecule has 0 fully saturated rings. The van der Waals surface area contributed by atoms with E-state index in [0.29, 0.717) is 5.92 Å². The van der Waals surface area contributed by atoms with Crippen LogP contribution in [0.2, 0.25) is 0 Å². The Morgan fingerprint density at radius 3 is 2.38 bits per heavy atom. The van der Waals surface area contributed by atoms with Crippen LogP contribution in [0, 0.1) is 33.6 Å². The Labute approximate surface area is 128 Å². The minimum absolute atomic E-state index is 0.165. The summed E-state index contributed by atoms with van der Waals surface area (Å²) in [5, 5.41) is 0. The molecule has 1 heteroatoms. The molecule has 3 rings (SSSR count). The molecule has 1 aliphatic heterocycles. The Balaban J connectivity index is 2.00. The van der Waals surface area contributed by atoms with Gasteiger partial charge in [0.05, 0.1) is 0 Å². The first-order valence-corrected chi connectivity index (χ1v) is 7.79. The third-order valence-corrected chi connectivity index (χ3v) is 4.73. The zero-order valence-electron chi connectivity index (χ0n) is 13.7. The van der Waals surface area contributed by atoms with Crippen molar-refractivity contribution in [2.75, 3.05) is 0 Å². The predicted octanol–water partition coefficient (Wildman–Crippen LogP) is 5.23. The van der Waals surface area contributed by atoms with E-state index >= 15 is 0 Å². The van der Waals surface area contributed by atoms with Crippen LogP contribution in [-0.2, 0) is 6.42 Å². The van der Waals surface area contributed by atoms with Gasteiger partial charge in [-0.3, -0.25) is 0 Å². The molecule has 1 heterocycles. The third kappa shape index (κ3) is 2.57. The molecule has 1 aliphatic rings. The summed E-state index contributed by atoms with van der Waals surface area (Å²) in [5.41, 5.74) is 8.00. The summed E-state index contributed by atoms with van der Waals surface area (Å²) in [4.78, 5) is 0. The third-order valence-electron chi connectivity index (χ3n) is 4.73. The SMILES string of the molecule is Cc1cc(C)c2c(c1)O[C@H](c1ccc(C)c(C)c1)[C@@H](C)C2. The fourth-order valence-corrected chi connectivity index (χ4v) is 3.35. The van der Waals surface area contributed by atoms with Crippen molar-refractivity contribution >= 4 is 0 Å². The Morgan fingerprint density at radius 1 is 0.905 bits per heavy atom. The Morgan fingerprint density at radius 2 is 1.67 bits per heavy atom. The summed E-state index contributed by atoms with van der Waals surface area (Å²) in [6.07, 6.45) is 1.26. The molecule has 2 aromatic carbocycles. The molecule has 0 saturated heterocycles. The summed E-state index contributed by atoms with van der Waals surface area (Å²) in [7, 11) is 0. The van der Waals surface area contributed by atoms with Crippen LogP contribution >= 0.6 is 0 Å². The van der Waals surface area contributed by atoms with Crippen LogP contribution < -0.4 is 4.74 Å². The minimum Gasteiger partial charge on any atom is -0.485 e. The van der Waals surface area contributed by atoms with Gasteiger partial charge in [0.25, 0.3) is 0 Å². The number of aryl methyl sites for hydroxylation is 4. The van der Waals surface area contributed by atoms with Crippen LogP contribution in [0.4, 0.5) is 0 Å². The second-order valence-electron chi connectivity index (χ2n) is 6.62. The summed E-state index contributed by atoms with van der Waals surface area (Å²) in [6.45, 7) is 11.0.